The Morgan fingerprint density at radius 3 is 2.39 bits per heavy atom. The zero-order chi connectivity index (χ0) is 17.0. The highest BCUT2D eigenvalue weighted by Crippen LogP contribution is 2.21. The lowest BCUT2D eigenvalue weighted by Gasteiger charge is -2.34. The molecule has 0 radical (unpaired) electrons. The normalized spacial score (nSPS) is 17.4. The Kier molecular flexibility index (Phi) is 6.15. The van der Waals surface area contributed by atoms with E-state index >= 15 is 0 Å². The molecule has 1 aliphatic rings. The number of nitrogens with zero attached hydrogens (tertiary/aromatic N) is 3. The van der Waals surface area contributed by atoms with Crippen molar-refractivity contribution in [1.82, 2.24) is 13.5 Å². The summed E-state index contributed by atoms with van der Waals surface area (Å²) in [7, 11) is -0.331. The van der Waals surface area contributed by atoms with Crippen LogP contribution in [-0.4, -0.2) is 74.7 Å². The van der Waals surface area contributed by atoms with E-state index in [0.717, 1.165) is 10.2 Å². The Morgan fingerprint density at radius 1 is 1.22 bits per heavy atom. The summed E-state index contributed by atoms with van der Waals surface area (Å²) in [6.45, 7) is 2.11. The third-order valence-corrected chi connectivity index (χ3v) is 6.27. The number of rotatable bonds is 5. The third kappa shape index (κ3) is 4.74. The van der Waals surface area contributed by atoms with Crippen LogP contribution in [0.25, 0.3) is 0 Å². The number of piperazine rings is 1. The van der Waals surface area contributed by atoms with Gasteiger partial charge in [0.05, 0.1) is 12.2 Å². The predicted octanol–water partition coefficient (Wildman–Crippen LogP) is 0.812. The molecule has 0 aliphatic carbocycles. The van der Waals surface area contributed by atoms with Crippen molar-refractivity contribution in [3.05, 3.63) is 28.7 Å². The zero-order valence-corrected chi connectivity index (χ0v) is 15.6. The summed E-state index contributed by atoms with van der Waals surface area (Å²) in [5.74, 6) is -0.110. The predicted molar refractivity (Wildman–Crippen MR) is 93.4 cm³/mol. The number of amides is 1. The van der Waals surface area contributed by atoms with Crippen LogP contribution in [0.5, 0.6) is 0 Å². The van der Waals surface area contributed by atoms with Crippen molar-refractivity contribution < 1.29 is 13.2 Å². The van der Waals surface area contributed by atoms with Gasteiger partial charge in [-0.25, -0.2) is 0 Å². The number of carbonyl (C=O) groups excluding carboxylic acids is 1. The molecule has 1 saturated heterocycles. The van der Waals surface area contributed by atoms with E-state index in [4.69, 9.17) is 0 Å². The molecule has 0 aromatic heterocycles. The summed E-state index contributed by atoms with van der Waals surface area (Å²) in [4.78, 5) is 14.1. The van der Waals surface area contributed by atoms with Gasteiger partial charge in [0.1, 0.15) is 0 Å². The van der Waals surface area contributed by atoms with Crippen molar-refractivity contribution in [2.24, 2.45) is 0 Å². The number of halogens is 1. The molecule has 0 atom stereocenters. The molecule has 2 rings (SSSR count). The number of carbonyl (C=O) groups is 1. The van der Waals surface area contributed by atoms with Crippen LogP contribution in [-0.2, 0) is 15.0 Å². The fourth-order valence-corrected chi connectivity index (χ4v) is 3.78. The number of hydrogen-bond donors (Lipinski definition) is 1. The molecule has 0 bridgehead atoms. The molecule has 1 N–H and O–H groups in total. The smallest absolute Gasteiger partial charge is 0.281 e. The number of hydrogen-bond acceptors (Lipinski definition) is 4. The number of para-hydroxylation sites is 1. The first-order chi connectivity index (χ1) is 10.8. The van der Waals surface area contributed by atoms with E-state index in [-0.39, 0.29) is 12.5 Å². The first kappa shape index (κ1) is 18.3. The summed E-state index contributed by atoms with van der Waals surface area (Å²) in [5, 5.41) is 2.85. The molecule has 1 heterocycles. The molecule has 7 nitrogen and oxygen atoms in total. The van der Waals surface area contributed by atoms with Gasteiger partial charge in [0, 0.05) is 44.7 Å². The second-order valence-corrected chi connectivity index (χ2v) is 8.49. The standard InChI is InChI=1S/C14H21BrN4O3S/c1-17(2)23(21,22)19-9-7-18(8-10-19)11-14(20)16-13-6-4-3-5-12(13)15/h3-6H,7-11H2,1-2H3,(H,16,20). The zero-order valence-electron chi connectivity index (χ0n) is 13.2. The van der Waals surface area contributed by atoms with Gasteiger partial charge in [0.15, 0.2) is 0 Å². The molecule has 9 heteroatoms. The van der Waals surface area contributed by atoms with Gasteiger partial charge in [-0.05, 0) is 28.1 Å². The van der Waals surface area contributed by atoms with E-state index in [1.165, 1.54) is 22.7 Å². The van der Waals surface area contributed by atoms with Gasteiger partial charge in [-0.2, -0.15) is 17.0 Å². The Morgan fingerprint density at radius 2 is 1.83 bits per heavy atom. The van der Waals surface area contributed by atoms with Gasteiger partial charge >= 0.3 is 0 Å². The van der Waals surface area contributed by atoms with Gasteiger partial charge in [-0.15, -0.1) is 0 Å². The molecular weight excluding hydrogens is 384 g/mol. The van der Waals surface area contributed by atoms with Gasteiger partial charge in [-0.3, -0.25) is 9.69 Å². The fourth-order valence-electron chi connectivity index (χ4n) is 2.30. The van der Waals surface area contributed by atoms with E-state index in [2.05, 4.69) is 21.2 Å². The van der Waals surface area contributed by atoms with Crippen LogP contribution in [0.2, 0.25) is 0 Å². The van der Waals surface area contributed by atoms with Gasteiger partial charge < -0.3 is 5.32 Å². The maximum absolute atomic E-state index is 12.1. The van der Waals surface area contributed by atoms with Crippen molar-refractivity contribution in [3.63, 3.8) is 0 Å². The van der Waals surface area contributed by atoms with Crippen LogP contribution >= 0.6 is 15.9 Å². The number of anilines is 1. The maximum atomic E-state index is 12.1. The first-order valence-electron chi connectivity index (χ1n) is 7.25. The maximum Gasteiger partial charge on any atom is 0.281 e. The van der Waals surface area contributed by atoms with Crippen LogP contribution in [0, 0.1) is 0 Å². The molecule has 1 fully saturated rings. The lowest BCUT2D eigenvalue weighted by atomic mass is 10.3. The SMILES string of the molecule is CN(C)S(=O)(=O)N1CCN(CC(=O)Nc2ccccc2Br)CC1. The molecule has 128 valence electrons. The van der Waals surface area contributed by atoms with E-state index in [9.17, 15) is 13.2 Å². The molecule has 1 aromatic carbocycles. The number of benzene rings is 1. The monoisotopic (exact) mass is 404 g/mol. The van der Waals surface area contributed by atoms with Crippen molar-refractivity contribution in [1.29, 1.82) is 0 Å². The molecule has 1 amide bonds. The second-order valence-electron chi connectivity index (χ2n) is 5.49. The van der Waals surface area contributed by atoms with Crippen molar-refractivity contribution in [2.45, 2.75) is 0 Å². The summed E-state index contributed by atoms with van der Waals surface area (Å²) in [5.41, 5.74) is 0.728. The molecule has 1 aromatic rings. The van der Waals surface area contributed by atoms with Gasteiger partial charge in [0.25, 0.3) is 10.2 Å². The van der Waals surface area contributed by atoms with Gasteiger partial charge in [0.2, 0.25) is 5.91 Å². The minimum absolute atomic E-state index is 0.110. The van der Waals surface area contributed by atoms with E-state index in [1.54, 1.807) is 0 Å². The van der Waals surface area contributed by atoms with Crippen molar-refractivity contribution in [2.75, 3.05) is 52.1 Å². The van der Waals surface area contributed by atoms with Crippen LogP contribution in [0.4, 0.5) is 5.69 Å². The van der Waals surface area contributed by atoms with E-state index < -0.39 is 10.2 Å². The second kappa shape index (κ2) is 7.71. The Hall–Kier alpha value is -1.000. The highest BCUT2D eigenvalue weighted by molar-refractivity contribution is 9.10. The first-order valence-corrected chi connectivity index (χ1v) is 9.44. The van der Waals surface area contributed by atoms with Crippen LogP contribution in [0.3, 0.4) is 0 Å². The van der Waals surface area contributed by atoms with E-state index in [0.29, 0.717) is 26.2 Å². The summed E-state index contributed by atoms with van der Waals surface area (Å²) in [6, 6.07) is 7.42. The van der Waals surface area contributed by atoms with Gasteiger partial charge in [-0.1, -0.05) is 12.1 Å². The van der Waals surface area contributed by atoms with E-state index in [1.807, 2.05) is 29.2 Å². The molecular formula is C14H21BrN4O3S. The lowest BCUT2D eigenvalue weighted by Crippen LogP contribution is -2.52. The summed E-state index contributed by atoms with van der Waals surface area (Å²) < 4.78 is 27.6. The molecule has 23 heavy (non-hydrogen) atoms. The molecule has 0 saturated carbocycles. The highest BCUT2D eigenvalue weighted by atomic mass is 79.9. The molecule has 0 unspecified atom stereocenters. The summed E-state index contributed by atoms with van der Waals surface area (Å²) in [6.07, 6.45) is 0. The van der Waals surface area contributed by atoms with Crippen LogP contribution < -0.4 is 5.32 Å². The van der Waals surface area contributed by atoms with Crippen molar-refractivity contribution >= 4 is 37.7 Å². The molecule has 1 aliphatic heterocycles. The number of nitrogens with one attached hydrogen (secondary N) is 1. The Balaban J connectivity index is 1.85. The minimum atomic E-state index is -3.37. The van der Waals surface area contributed by atoms with Crippen LogP contribution in [0.15, 0.2) is 28.7 Å². The average Bonchev–Trinajstić information content (AvgIpc) is 2.50. The Labute approximate surface area is 145 Å². The van der Waals surface area contributed by atoms with Crippen molar-refractivity contribution in [3.8, 4) is 0 Å². The quantitative estimate of drug-likeness (QED) is 0.787. The topological polar surface area (TPSA) is 73.0 Å². The Bertz CT molecular complexity index is 658. The minimum Gasteiger partial charge on any atom is -0.324 e. The fraction of sp³-hybridized carbons (Fsp3) is 0.500. The highest BCUT2D eigenvalue weighted by Gasteiger charge is 2.29. The van der Waals surface area contributed by atoms with Crippen LogP contribution in [0.1, 0.15) is 0 Å². The average molecular weight is 405 g/mol. The molecule has 0 spiro atoms. The third-order valence-electron chi connectivity index (χ3n) is 3.63. The largest absolute Gasteiger partial charge is 0.324 e. The summed E-state index contributed by atoms with van der Waals surface area (Å²) >= 11 is 3.39. The lowest BCUT2D eigenvalue weighted by molar-refractivity contribution is -0.117.